The van der Waals surface area contributed by atoms with Gasteiger partial charge in [0, 0.05) is 55.3 Å². The molecule has 0 saturated carbocycles. The average Bonchev–Trinajstić information content (AvgIpc) is 3.15. The van der Waals surface area contributed by atoms with Gasteiger partial charge in [-0.15, -0.1) is 0 Å². The summed E-state index contributed by atoms with van der Waals surface area (Å²) >= 11 is 5.88. The van der Waals surface area contributed by atoms with Crippen molar-refractivity contribution in [2.75, 3.05) is 31.5 Å². The average molecular weight is 471 g/mol. The number of urea groups is 1. The van der Waals surface area contributed by atoms with Crippen LogP contribution in [0.15, 0.2) is 59.1 Å². The number of carbonyl (C=O) groups is 2. The van der Waals surface area contributed by atoms with Crippen LogP contribution in [0.1, 0.15) is 18.7 Å². The van der Waals surface area contributed by atoms with Crippen molar-refractivity contribution in [2.24, 2.45) is 0 Å². The molecule has 3 aromatic rings. The number of oxazole rings is 1. The Balaban J connectivity index is 1.26. The third kappa shape index (κ3) is 6.10. The number of halogens is 2. The summed E-state index contributed by atoms with van der Waals surface area (Å²) in [5, 5.41) is 3.46. The van der Waals surface area contributed by atoms with E-state index in [2.05, 4.69) is 10.3 Å². The zero-order valence-electron chi connectivity index (χ0n) is 18.0. The number of rotatable bonds is 5. The SMILES string of the molecule is O=C(CCc1ncc(-c2ccc(F)cc2)o1)N1CCCN(C(=O)Nc2ccc(Cl)cc2)CC1. The van der Waals surface area contributed by atoms with Gasteiger partial charge in [-0.2, -0.15) is 0 Å². The van der Waals surface area contributed by atoms with Crippen molar-refractivity contribution in [2.45, 2.75) is 19.3 Å². The molecule has 0 radical (unpaired) electrons. The lowest BCUT2D eigenvalue weighted by Crippen LogP contribution is -2.39. The Bertz CT molecular complexity index is 1100. The minimum atomic E-state index is -0.317. The number of nitrogens with zero attached hydrogens (tertiary/aromatic N) is 3. The maximum absolute atomic E-state index is 13.1. The van der Waals surface area contributed by atoms with E-state index in [0.29, 0.717) is 61.4 Å². The molecule has 1 aliphatic heterocycles. The van der Waals surface area contributed by atoms with Gasteiger partial charge in [0.15, 0.2) is 11.7 Å². The van der Waals surface area contributed by atoms with E-state index < -0.39 is 0 Å². The van der Waals surface area contributed by atoms with Gasteiger partial charge >= 0.3 is 6.03 Å². The van der Waals surface area contributed by atoms with Gasteiger partial charge in [-0.25, -0.2) is 14.2 Å². The summed E-state index contributed by atoms with van der Waals surface area (Å²) < 4.78 is 18.8. The number of hydrogen-bond donors (Lipinski definition) is 1. The second-order valence-electron chi connectivity index (χ2n) is 7.78. The molecule has 0 bridgehead atoms. The third-order valence-electron chi connectivity index (χ3n) is 5.47. The van der Waals surface area contributed by atoms with Crippen LogP contribution >= 0.6 is 11.6 Å². The van der Waals surface area contributed by atoms with E-state index in [1.807, 2.05) is 0 Å². The Morgan fingerprint density at radius 3 is 2.45 bits per heavy atom. The maximum Gasteiger partial charge on any atom is 0.321 e. The number of amides is 3. The summed E-state index contributed by atoms with van der Waals surface area (Å²) in [6, 6.07) is 12.7. The highest BCUT2D eigenvalue weighted by molar-refractivity contribution is 6.30. The number of aryl methyl sites for hydroxylation is 1. The predicted molar refractivity (Wildman–Crippen MR) is 123 cm³/mol. The van der Waals surface area contributed by atoms with E-state index in [1.54, 1.807) is 52.4 Å². The monoisotopic (exact) mass is 470 g/mol. The minimum Gasteiger partial charge on any atom is -0.441 e. The second kappa shape index (κ2) is 10.5. The van der Waals surface area contributed by atoms with Gasteiger partial charge < -0.3 is 19.5 Å². The summed E-state index contributed by atoms with van der Waals surface area (Å²) in [7, 11) is 0. The molecule has 0 aliphatic carbocycles. The van der Waals surface area contributed by atoms with Crippen LogP contribution in [0.3, 0.4) is 0 Å². The zero-order chi connectivity index (χ0) is 23.2. The maximum atomic E-state index is 13.1. The molecule has 3 amide bonds. The molecule has 1 aliphatic rings. The van der Waals surface area contributed by atoms with Crippen molar-refractivity contribution in [3.05, 3.63) is 71.5 Å². The van der Waals surface area contributed by atoms with E-state index >= 15 is 0 Å². The molecule has 4 rings (SSSR count). The summed E-state index contributed by atoms with van der Waals surface area (Å²) in [5.41, 5.74) is 1.40. The van der Waals surface area contributed by atoms with Gasteiger partial charge in [0.2, 0.25) is 5.91 Å². The van der Waals surface area contributed by atoms with Gasteiger partial charge in [-0.1, -0.05) is 11.6 Å². The first kappa shape index (κ1) is 22.8. The van der Waals surface area contributed by atoms with Crippen molar-refractivity contribution in [1.82, 2.24) is 14.8 Å². The Hall–Kier alpha value is -3.39. The van der Waals surface area contributed by atoms with E-state index in [4.69, 9.17) is 16.0 Å². The molecule has 33 heavy (non-hydrogen) atoms. The first-order valence-electron chi connectivity index (χ1n) is 10.8. The molecule has 0 atom stereocenters. The van der Waals surface area contributed by atoms with Gasteiger partial charge in [-0.05, 0) is 55.0 Å². The number of aromatic nitrogens is 1. The number of hydrogen-bond acceptors (Lipinski definition) is 4. The molecule has 7 nitrogen and oxygen atoms in total. The van der Waals surface area contributed by atoms with Crippen LogP contribution in [0.25, 0.3) is 11.3 Å². The van der Waals surface area contributed by atoms with Crippen LogP contribution < -0.4 is 5.32 Å². The number of carbonyl (C=O) groups excluding carboxylic acids is 2. The van der Waals surface area contributed by atoms with E-state index in [0.717, 1.165) is 5.56 Å². The van der Waals surface area contributed by atoms with Crippen LogP contribution in [0.2, 0.25) is 5.02 Å². The molecule has 1 saturated heterocycles. The van der Waals surface area contributed by atoms with Crippen LogP contribution in [0.5, 0.6) is 0 Å². The highest BCUT2D eigenvalue weighted by Gasteiger charge is 2.22. The molecular weight excluding hydrogens is 447 g/mol. The van der Waals surface area contributed by atoms with Crippen molar-refractivity contribution in [3.8, 4) is 11.3 Å². The summed E-state index contributed by atoms with van der Waals surface area (Å²) in [5.74, 6) is 0.676. The van der Waals surface area contributed by atoms with Gasteiger partial charge in [-0.3, -0.25) is 4.79 Å². The number of anilines is 1. The van der Waals surface area contributed by atoms with Gasteiger partial charge in [0.25, 0.3) is 0 Å². The molecule has 1 N–H and O–H groups in total. The summed E-state index contributed by atoms with van der Waals surface area (Å²) in [6.45, 7) is 2.10. The van der Waals surface area contributed by atoms with E-state index in [-0.39, 0.29) is 24.2 Å². The Morgan fingerprint density at radius 2 is 1.70 bits per heavy atom. The lowest BCUT2D eigenvalue weighted by Gasteiger charge is -2.22. The first-order valence-corrected chi connectivity index (χ1v) is 11.2. The number of nitrogens with one attached hydrogen (secondary N) is 1. The predicted octanol–water partition coefficient (Wildman–Crippen LogP) is 4.83. The lowest BCUT2D eigenvalue weighted by molar-refractivity contribution is -0.131. The van der Waals surface area contributed by atoms with Crippen LogP contribution in [0.4, 0.5) is 14.9 Å². The fourth-order valence-corrected chi connectivity index (χ4v) is 3.78. The van der Waals surface area contributed by atoms with Crippen LogP contribution in [-0.2, 0) is 11.2 Å². The van der Waals surface area contributed by atoms with Crippen molar-refractivity contribution in [3.63, 3.8) is 0 Å². The van der Waals surface area contributed by atoms with Crippen LogP contribution in [-0.4, -0.2) is 52.9 Å². The summed E-state index contributed by atoms with van der Waals surface area (Å²) in [4.78, 5) is 33.0. The highest BCUT2D eigenvalue weighted by Crippen LogP contribution is 2.21. The van der Waals surface area contributed by atoms with Crippen molar-refractivity contribution >= 4 is 29.2 Å². The molecule has 2 heterocycles. The second-order valence-corrected chi connectivity index (χ2v) is 8.22. The molecule has 9 heteroatoms. The quantitative estimate of drug-likeness (QED) is 0.579. The molecule has 0 unspecified atom stereocenters. The Labute approximate surface area is 196 Å². The smallest absolute Gasteiger partial charge is 0.321 e. The fraction of sp³-hybridized carbons (Fsp3) is 0.292. The largest absolute Gasteiger partial charge is 0.441 e. The molecular formula is C24H24ClFN4O3. The van der Waals surface area contributed by atoms with Gasteiger partial charge in [0.1, 0.15) is 5.82 Å². The van der Waals surface area contributed by atoms with E-state index in [9.17, 15) is 14.0 Å². The van der Waals surface area contributed by atoms with Crippen molar-refractivity contribution in [1.29, 1.82) is 0 Å². The zero-order valence-corrected chi connectivity index (χ0v) is 18.7. The van der Waals surface area contributed by atoms with Crippen LogP contribution in [0, 0.1) is 5.82 Å². The highest BCUT2D eigenvalue weighted by atomic mass is 35.5. The molecule has 172 valence electrons. The number of benzene rings is 2. The first-order chi connectivity index (χ1) is 16.0. The fourth-order valence-electron chi connectivity index (χ4n) is 3.65. The standard InChI is InChI=1S/C24H24ClFN4O3/c25-18-4-8-20(9-5-18)28-24(32)30-13-1-12-29(14-15-30)23(31)11-10-22-27-16-21(33-22)17-2-6-19(26)7-3-17/h2-9,16H,1,10-15H2,(H,28,32). The minimum absolute atomic E-state index is 0.00325. The molecule has 1 fully saturated rings. The normalized spacial score (nSPS) is 14.1. The molecule has 2 aromatic carbocycles. The molecule has 0 spiro atoms. The van der Waals surface area contributed by atoms with Crippen molar-refractivity contribution < 1.29 is 18.4 Å². The Kier molecular flexibility index (Phi) is 7.24. The molecule has 1 aromatic heterocycles. The topological polar surface area (TPSA) is 78.7 Å². The third-order valence-corrected chi connectivity index (χ3v) is 5.72. The van der Waals surface area contributed by atoms with E-state index in [1.165, 1.54) is 12.1 Å². The lowest BCUT2D eigenvalue weighted by atomic mass is 10.2. The van der Waals surface area contributed by atoms with Gasteiger partial charge in [0.05, 0.1) is 6.20 Å². The Morgan fingerprint density at radius 1 is 1.00 bits per heavy atom. The summed E-state index contributed by atoms with van der Waals surface area (Å²) in [6.07, 6.45) is 2.92.